The van der Waals surface area contributed by atoms with Crippen molar-refractivity contribution in [2.45, 2.75) is 37.5 Å². The maximum Gasteiger partial charge on any atom is 0.416 e. The Balaban J connectivity index is 1.77. The van der Waals surface area contributed by atoms with Gasteiger partial charge < -0.3 is 9.64 Å². The Bertz CT molecular complexity index is 757. The fourth-order valence-corrected chi connectivity index (χ4v) is 3.78. The molecule has 2 aromatic rings. The summed E-state index contributed by atoms with van der Waals surface area (Å²) in [5.74, 6) is 1.61. The average molecular weight is 400 g/mol. The molecule has 2 heterocycles. The van der Waals surface area contributed by atoms with Crippen molar-refractivity contribution in [3.8, 4) is 0 Å². The number of halogens is 3. The minimum Gasteiger partial charge on any atom is -0.378 e. The van der Waals surface area contributed by atoms with Crippen LogP contribution < -0.4 is 4.90 Å². The van der Waals surface area contributed by atoms with E-state index in [0.29, 0.717) is 30.4 Å². The van der Waals surface area contributed by atoms with Gasteiger partial charge in [0.05, 0.1) is 18.8 Å². The van der Waals surface area contributed by atoms with E-state index in [2.05, 4.69) is 33.5 Å². The summed E-state index contributed by atoms with van der Waals surface area (Å²) in [6.45, 7) is 7.81. The fourth-order valence-electron chi connectivity index (χ4n) is 2.90. The van der Waals surface area contributed by atoms with Crippen molar-refractivity contribution in [3.63, 3.8) is 0 Å². The van der Waals surface area contributed by atoms with Gasteiger partial charge in [-0.2, -0.15) is 13.2 Å². The lowest BCUT2D eigenvalue weighted by Crippen LogP contribution is -2.38. The van der Waals surface area contributed by atoms with Gasteiger partial charge in [-0.05, 0) is 17.5 Å². The first kappa shape index (κ1) is 20.0. The predicted octanol–water partition coefficient (Wildman–Crippen LogP) is 4.08. The zero-order chi connectivity index (χ0) is 19.4. The van der Waals surface area contributed by atoms with Crippen LogP contribution in [0.25, 0.3) is 0 Å². The van der Waals surface area contributed by atoms with E-state index >= 15 is 0 Å². The maximum absolute atomic E-state index is 12.9. The summed E-state index contributed by atoms with van der Waals surface area (Å²) in [6.07, 6.45) is -4.33. The molecule has 0 spiro atoms. The van der Waals surface area contributed by atoms with Crippen LogP contribution in [-0.2, 0) is 23.2 Å². The van der Waals surface area contributed by atoms with E-state index in [4.69, 9.17) is 4.74 Å². The fraction of sp³-hybridized carbons (Fsp3) is 0.556. The molecule has 1 aliphatic heterocycles. The number of hydrogen-bond acceptors (Lipinski definition) is 5. The van der Waals surface area contributed by atoms with Crippen LogP contribution in [0.4, 0.5) is 19.1 Å². The molecule has 0 atom stereocenters. The monoisotopic (exact) mass is 400 g/mol. The Morgan fingerprint density at radius 3 is 2.59 bits per heavy atom. The molecule has 9 heteroatoms. The number of alkyl halides is 3. The summed E-state index contributed by atoms with van der Waals surface area (Å²) in [6, 6.07) is 5.43. The predicted molar refractivity (Wildman–Crippen MR) is 98.9 cm³/mol. The molecular formula is C18H23F3N4OS. The number of rotatable bonds is 6. The van der Waals surface area contributed by atoms with Crippen molar-refractivity contribution in [2.24, 2.45) is 5.92 Å². The highest BCUT2D eigenvalue weighted by atomic mass is 32.2. The van der Waals surface area contributed by atoms with Crippen LogP contribution in [-0.4, -0.2) is 41.1 Å². The molecule has 3 rings (SSSR count). The number of morpholine rings is 1. The summed E-state index contributed by atoms with van der Waals surface area (Å²) in [5.41, 5.74) is -0.0138. The van der Waals surface area contributed by atoms with Gasteiger partial charge in [-0.3, -0.25) is 4.57 Å². The molecule has 148 valence electrons. The average Bonchev–Trinajstić information content (AvgIpc) is 3.02. The van der Waals surface area contributed by atoms with Crippen LogP contribution in [0.3, 0.4) is 0 Å². The van der Waals surface area contributed by atoms with Gasteiger partial charge in [0, 0.05) is 25.4 Å². The van der Waals surface area contributed by atoms with Crippen LogP contribution in [0.2, 0.25) is 0 Å². The van der Waals surface area contributed by atoms with Gasteiger partial charge >= 0.3 is 6.18 Å². The minimum absolute atomic E-state index is 0.397. The maximum atomic E-state index is 12.9. The molecule has 0 amide bonds. The highest BCUT2D eigenvalue weighted by molar-refractivity contribution is 7.98. The van der Waals surface area contributed by atoms with E-state index in [9.17, 15) is 13.2 Å². The summed E-state index contributed by atoms with van der Waals surface area (Å²) < 4.78 is 46.2. The van der Waals surface area contributed by atoms with Crippen molar-refractivity contribution in [1.82, 2.24) is 14.8 Å². The Hall–Kier alpha value is -1.74. The van der Waals surface area contributed by atoms with Crippen LogP contribution >= 0.6 is 11.8 Å². The number of anilines is 1. The first-order valence-electron chi connectivity index (χ1n) is 8.89. The molecular weight excluding hydrogens is 377 g/mol. The molecule has 1 aromatic carbocycles. The summed E-state index contributed by atoms with van der Waals surface area (Å²) in [5, 5.41) is 9.37. The number of benzene rings is 1. The Morgan fingerprint density at radius 2 is 1.93 bits per heavy atom. The van der Waals surface area contributed by atoms with E-state index < -0.39 is 11.7 Å². The molecule has 1 aromatic heterocycles. The third-order valence-corrected chi connectivity index (χ3v) is 5.20. The SMILES string of the molecule is CC(C)Cn1c(SCc2cccc(C(F)(F)F)c2)nnc1N1CCOCC1. The quantitative estimate of drug-likeness (QED) is 0.684. The number of aromatic nitrogens is 3. The molecule has 1 aliphatic rings. The Labute approximate surface area is 160 Å². The normalized spacial score (nSPS) is 15.6. The smallest absolute Gasteiger partial charge is 0.378 e. The molecule has 5 nitrogen and oxygen atoms in total. The van der Waals surface area contributed by atoms with Gasteiger partial charge in [-0.1, -0.05) is 43.8 Å². The molecule has 0 N–H and O–H groups in total. The number of nitrogens with zero attached hydrogens (tertiary/aromatic N) is 4. The zero-order valence-electron chi connectivity index (χ0n) is 15.4. The van der Waals surface area contributed by atoms with E-state index in [1.54, 1.807) is 6.07 Å². The standard InChI is InChI=1S/C18H23F3N4OS/c1-13(2)11-25-16(24-6-8-26-9-7-24)22-23-17(25)27-12-14-4-3-5-15(10-14)18(19,20)21/h3-5,10,13H,6-9,11-12H2,1-2H3. The number of hydrogen-bond donors (Lipinski definition) is 0. The van der Waals surface area contributed by atoms with Gasteiger partial charge in [-0.25, -0.2) is 0 Å². The zero-order valence-corrected chi connectivity index (χ0v) is 16.2. The van der Waals surface area contributed by atoms with Gasteiger partial charge in [0.25, 0.3) is 0 Å². The number of thioether (sulfide) groups is 1. The third-order valence-electron chi connectivity index (χ3n) is 4.16. The van der Waals surface area contributed by atoms with Gasteiger partial charge in [-0.15, -0.1) is 10.2 Å². The number of ether oxygens (including phenoxy) is 1. The third kappa shape index (κ3) is 5.16. The van der Waals surface area contributed by atoms with Crippen LogP contribution in [0.5, 0.6) is 0 Å². The second kappa shape index (κ2) is 8.52. The molecule has 0 unspecified atom stereocenters. The van der Waals surface area contributed by atoms with Gasteiger partial charge in [0.1, 0.15) is 0 Å². The molecule has 1 fully saturated rings. The van der Waals surface area contributed by atoms with Crippen molar-refractivity contribution in [3.05, 3.63) is 35.4 Å². The first-order chi connectivity index (χ1) is 12.8. The van der Waals surface area contributed by atoms with E-state index in [0.717, 1.165) is 36.8 Å². The molecule has 0 bridgehead atoms. The summed E-state index contributed by atoms with van der Waals surface area (Å²) in [7, 11) is 0. The molecule has 0 radical (unpaired) electrons. The second-order valence-corrected chi connectivity index (χ2v) is 7.82. The topological polar surface area (TPSA) is 43.2 Å². The summed E-state index contributed by atoms with van der Waals surface area (Å²) >= 11 is 1.41. The van der Waals surface area contributed by atoms with Crippen molar-refractivity contribution >= 4 is 17.7 Å². The van der Waals surface area contributed by atoms with Crippen LogP contribution in [0.1, 0.15) is 25.0 Å². The van der Waals surface area contributed by atoms with E-state index in [1.807, 2.05) is 0 Å². The van der Waals surface area contributed by atoms with Crippen molar-refractivity contribution in [1.29, 1.82) is 0 Å². The van der Waals surface area contributed by atoms with Gasteiger partial charge in [0.15, 0.2) is 5.16 Å². The lowest BCUT2D eigenvalue weighted by atomic mass is 10.1. The molecule has 0 aliphatic carbocycles. The largest absolute Gasteiger partial charge is 0.416 e. The highest BCUT2D eigenvalue weighted by Crippen LogP contribution is 2.32. The Kier molecular flexibility index (Phi) is 6.31. The van der Waals surface area contributed by atoms with E-state index in [1.165, 1.54) is 23.9 Å². The van der Waals surface area contributed by atoms with Crippen molar-refractivity contribution in [2.75, 3.05) is 31.2 Å². The molecule has 27 heavy (non-hydrogen) atoms. The van der Waals surface area contributed by atoms with Crippen LogP contribution in [0, 0.1) is 5.92 Å². The second-order valence-electron chi connectivity index (χ2n) is 6.87. The van der Waals surface area contributed by atoms with Crippen LogP contribution in [0.15, 0.2) is 29.4 Å². The Morgan fingerprint density at radius 1 is 1.19 bits per heavy atom. The minimum atomic E-state index is -4.33. The van der Waals surface area contributed by atoms with E-state index in [-0.39, 0.29) is 0 Å². The first-order valence-corrected chi connectivity index (χ1v) is 9.88. The van der Waals surface area contributed by atoms with Crippen molar-refractivity contribution < 1.29 is 17.9 Å². The van der Waals surface area contributed by atoms with Gasteiger partial charge in [0.2, 0.25) is 5.95 Å². The molecule has 0 saturated carbocycles. The lowest BCUT2D eigenvalue weighted by molar-refractivity contribution is -0.137. The lowest BCUT2D eigenvalue weighted by Gasteiger charge is -2.28. The summed E-state index contributed by atoms with van der Waals surface area (Å²) in [4.78, 5) is 2.15. The molecule has 1 saturated heterocycles. The highest BCUT2D eigenvalue weighted by Gasteiger charge is 2.30.